The molecule has 1 saturated heterocycles. The largest absolute Gasteiger partial charge is 0.386 e. The second kappa shape index (κ2) is 11.0. The first-order valence-electron chi connectivity index (χ1n) is 12.8. The molecule has 1 spiro atoms. The second-order valence-corrected chi connectivity index (χ2v) is 10.4. The number of aromatic nitrogens is 2. The summed E-state index contributed by atoms with van der Waals surface area (Å²) in [6.07, 6.45) is 7.40. The maximum atomic E-state index is 13.3. The van der Waals surface area contributed by atoms with Crippen LogP contribution in [-0.2, 0) is 9.59 Å². The number of halogens is 1. The molecule has 0 bridgehead atoms. The smallest absolute Gasteiger partial charge is 0.224 e. The summed E-state index contributed by atoms with van der Waals surface area (Å²) in [6.45, 7) is 3.58. The van der Waals surface area contributed by atoms with Crippen LogP contribution in [-0.4, -0.2) is 57.9 Å². The van der Waals surface area contributed by atoms with Crippen LogP contribution in [0.2, 0.25) is 0 Å². The van der Waals surface area contributed by atoms with Gasteiger partial charge in [-0.25, -0.2) is 9.37 Å². The first-order chi connectivity index (χ1) is 16.8. The number of benzene rings is 1. The number of H-pyrrole nitrogens is 1. The first-order valence-corrected chi connectivity index (χ1v) is 12.8. The lowest BCUT2D eigenvalue weighted by Gasteiger charge is -2.30. The van der Waals surface area contributed by atoms with Crippen molar-refractivity contribution in [1.82, 2.24) is 20.2 Å². The molecule has 190 valence electrons. The average Bonchev–Trinajstić information content (AvgIpc) is 3.32. The molecule has 3 atom stereocenters. The summed E-state index contributed by atoms with van der Waals surface area (Å²) in [5.74, 6) is 0.422. The monoisotopic (exact) mass is 484 g/mol. The summed E-state index contributed by atoms with van der Waals surface area (Å²) < 4.78 is 13.3. The fraction of sp³-hybridized carbons (Fsp3) is 0.593. The highest BCUT2D eigenvalue weighted by Crippen LogP contribution is 2.59. The molecule has 1 amide bonds. The summed E-state index contributed by atoms with van der Waals surface area (Å²) in [4.78, 5) is 35.2. The van der Waals surface area contributed by atoms with Gasteiger partial charge >= 0.3 is 0 Å². The van der Waals surface area contributed by atoms with E-state index in [2.05, 4.69) is 22.2 Å². The molecule has 1 aromatic carbocycles. The number of carbonyl (C=O) groups is 2. The minimum atomic E-state index is -0.916. The molecule has 7 nitrogen and oxygen atoms in total. The molecule has 35 heavy (non-hydrogen) atoms. The van der Waals surface area contributed by atoms with Gasteiger partial charge in [0, 0.05) is 24.1 Å². The van der Waals surface area contributed by atoms with Gasteiger partial charge in [0.1, 0.15) is 17.7 Å². The van der Waals surface area contributed by atoms with Gasteiger partial charge in [0.15, 0.2) is 5.78 Å². The van der Waals surface area contributed by atoms with Crippen molar-refractivity contribution >= 4 is 11.7 Å². The molecule has 3 N–H and O–H groups in total. The zero-order chi connectivity index (χ0) is 25.0. The van der Waals surface area contributed by atoms with Crippen LogP contribution in [0.3, 0.4) is 0 Å². The lowest BCUT2D eigenvalue weighted by molar-refractivity contribution is -0.126. The number of aliphatic hydroxyl groups excluding tert-OH is 1. The minimum absolute atomic E-state index is 0.0638. The number of nitrogens with one attached hydrogen (secondary N) is 2. The molecule has 2 heterocycles. The summed E-state index contributed by atoms with van der Waals surface area (Å²) in [5.41, 5.74) is 1.67. The van der Waals surface area contributed by atoms with E-state index in [0.717, 1.165) is 50.8 Å². The number of Topliss-reactive ketones (excluding diaryl/α,β-unsaturated/α-hetero) is 1. The van der Waals surface area contributed by atoms with Crippen molar-refractivity contribution in [3.63, 3.8) is 0 Å². The van der Waals surface area contributed by atoms with Crippen molar-refractivity contribution in [2.24, 2.45) is 11.3 Å². The van der Waals surface area contributed by atoms with E-state index < -0.39 is 6.10 Å². The molecule has 2 fully saturated rings. The third kappa shape index (κ3) is 6.35. The van der Waals surface area contributed by atoms with E-state index in [1.54, 1.807) is 18.3 Å². The second-order valence-electron chi connectivity index (χ2n) is 10.4. The van der Waals surface area contributed by atoms with E-state index in [0.29, 0.717) is 30.8 Å². The van der Waals surface area contributed by atoms with Crippen molar-refractivity contribution in [2.45, 2.75) is 70.4 Å². The Bertz CT molecular complexity index is 1010. The van der Waals surface area contributed by atoms with Crippen molar-refractivity contribution in [3.05, 3.63) is 42.1 Å². The normalized spacial score (nSPS) is 21.0. The minimum Gasteiger partial charge on any atom is -0.386 e. The number of nitrogens with zero attached hydrogens (tertiary/aromatic N) is 2. The number of hydrogen-bond donors (Lipinski definition) is 3. The number of imidazole rings is 1. The van der Waals surface area contributed by atoms with Gasteiger partial charge in [0.05, 0.1) is 11.7 Å². The summed E-state index contributed by atoms with van der Waals surface area (Å²) in [5, 5.41) is 12.6. The molecular formula is C27H37FN4O3. The molecule has 2 aromatic rings. The Balaban J connectivity index is 1.39. The predicted octanol–water partition coefficient (Wildman–Crippen LogP) is 4.01. The lowest BCUT2D eigenvalue weighted by Crippen LogP contribution is -2.36. The highest BCUT2D eigenvalue weighted by Gasteiger charge is 2.58. The third-order valence-corrected chi connectivity index (χ3v) is 7.76. The number of unbranched alkanes of at least 4 members (excludes halogenated alkanes) is 2. The molecule has 1 aliphatic carbocycles. The number of carbonyl (C=O) groups excluding carboxylic acids is 2. The number of aliphatic hydroxyl groups is 1. The molecule has 8 heteroatoms. The molecule has 1 unspecified atom stereocenters. The van der Waals surface area contributed by atoms with Crippen LogP contribution in [0.15, 0.2) is 30.5 Å². The summed E-state index contributed by atoms with van der Waals surface area (Å²) in [7, 11) is 2.13. The number of ketones is 1. The maximum absolute atomic E-state index is 13.3. The van der Waals surface area contributed by atoms with E-state index in [1.165, 1.54) is 19.1 Å². The Labute approximate surface area is 206 Å². The number of likely N-dealkylation sites (tertiary alicyclic amines) is 1. The van der Waals surface area contributed by atoms with Gasteiger partial charge < -0.3 is 20.3 Å². The van der Waals surface area contributed by atoms with Crippen molar-refractivity contribution in [3.8, 4) is 11.3 Å². The van der Waals surface area contributed by atoms with Gasteiger partial charge in [-0.05, 0) is 88.8 Å². The van der Waals surface area contributed by atoms with E-state index in [4.69, 9.17) is 4.98 Å². The number of rotatable bonds is 11. The van der Waals surface area contributed by atoms with Gasteiger partial charge in [-0.3, -0.25) is 9.59 Å². The van der Waals surface area contributed by atoms with Crippen LogP contribution < -0.4 is 5.32 Å². The highest BCUT2D eigenvalue weighted by molar-refractivity contribution is 5.83. The van der Waals surface area contributed by atoms with Crippen molar-refractivity contribution < 1.29 is 19.1 Å². The third-order valence-electron chi connectivity index (χ3n) is 7.76. The summed E-state index contributed by atoms with van der Waals surface area (Å²) in [6, 6.07) is 5.94. The van der Waals surface area contributed by atoms with E-state index in [9.17, 15) is 19.1 Å². The Kier molecular flexibility index (Phi) is 8.02. The van der Waals surface area contributed by atoms with Gasteiger partial charge in [-0.15, -0.1) is 0 Å². The Hall–Kier alpha value is -2.58. The van der Waals surface area contributed by atoms with Crippen LogP contribution in [0.4, 0.5) is 4.39 Å². The molecule has 1 saturated carbocycles. The van der Waals surface area contributed by atoms with E-state index in [-0.39, 0.29) is 34.9 Å². The van der Waals surface area contributed by atoms with E-state index >= 15 is 0 Å². The SMILES string of the molecule is CC(O)C(=O)CCCCC[C@H](NC(=O)[C@H]1CC12CCN(C)CC2)c1nc(-c2ccc(F)cc2)c[nH]1. The van der Waals surface area contributed by atoms with Gasteiger partial charge in [-0.2, -0.15) is 0 Å². The van der Waals surface area contributed by atoms with Crippen LogP contribution in [0, 0.1) is 17.2 Å². The molecule has 2 aliphatic rings. The fourth-order valence-corrected chi connectivity index (χ4v) is 5.20. The zero-order valence-corrected chi connectivity index (χ0v) is 20.7. The van der Waals surface area contributed by atoms with Gasteiger partial charge in [0.25, 0.3) is 0 Å². The molecule has 1 aromatic heterocycles. The standard InChI is InChI=1S/C27H37FN4O3/c1-18(33)24(34)7-5-3-4-6-22(25-29-17-23(30-25)19-8-10-20(28)11-9-19)31-26(35)21-16-27(21)12-14-32(2)15-13-27/h8-11,17-18,21-22,33H,3-7,12-16H2,1-2H3,(H,29,30)(H,31,35)/t18?,21-,22+/m1/s1. The number of aromatic amines is 1. The van der Waals surface area contributed by atoms with Crippen LogP contribution in [0.5, 0.6) is 0 Å². The Morgan fingerprint density at radius 1 is 1.23 bits per heavy atom. The number of piperidine rings is 1. The van der Waals surface area contributed by atoms with Crippen molar-refractivity contribution in [1.29, 1.82) is 0 Å². The Morgan fingerprint density at radius 3 is 2.63 bits per heavy atom. The fourth-order valence-electron chi connectivity index (χ4n) is 5.20. The predicted molar refractivity (Wildman–Crippen MR) is 132 cm³/mol. The zero-order valence-electron chi connectivity index (χ0n) is 20.7. The Morgan fingerprint density at radius 2 is 1.94 bits per heavy atom. The molecule has 1 aliphatic heterocycles. The number of amides is 1. The van der Waals surface area contributed by atoms with Crippen LogP contribution in [0.1, 0.15) is 70.2 Å². The lowest BCUT2D eigenvalue weighted by atomic mass is 9.91. The number of hydrogen-bond acceptors (Lipinski definition) is 5. The highest BCUT2D eigenvalue weighted by atomic mass is 19.1. The topological polar surface area (TPSA) is 98.3 Å². The molecule has 0 radical (unpaired) electrons. The van der Waals surface area contributed by atoms with Gasteiger partial charge in [-0.1, -0.05) is 12.8 Å². The molecule has 4 rings (SSSR count). The first kappa shape index (κ1) is 25.5. The van der Waals surface area contributed by atoms with Crippen molar-refractivity contribution in [2.75, 3.05) is 20.1 Å². The maximum Gasteiger partial charge on any atom is 0.224 e. The molecular weight excluding hydrogens is 447 g/mol. The summed E-state index contributed by atoms with van der Waals surface area (Å²) >= 11 is 0. The average molecular weight is 485 g/mol. The van der Waals surface area contributed by atoms with Crippen LogP contribution in [0.25, 0.3) is 11.3 Å². The van der Waals surface area contributed by atoms with Crippen LogP contribution >= 0.6 is 0 Å². The quantitative estimate of drug-likeness (QED) is 0.419. The van der Waals surface area contributed by atoms with Gasteiger partial charge in [0.2, 0.25) is 5.91 Å². The van der Waals surface area contributed by atoms with E-state index in [1.807, 2.05) is 0 Å².